The molecule has 0 unspecified atom stereocenters. The van der Waals surface area contributed by atoms with E-state index in [1.807, 2.05) is 24.5 Å². The molecule has 1 N–H and O–H groups in total. The molecule has 0 bridgehead atoms. The van der Waals surface area contributed by atoms with Crippen molar-refractivity contribution in [3.05, 3.63) is 53.3 Å². The predicted octanol–water partition coefficient (Wildman–Crippen LogP) is 2.84. The molecule has 0 atom stereocenters. The highest BCUT2D eigenvalue weighted by Gasteiger charge is 2.36. The second kappa shape index (κ2) is 9.60. The fraction of sp³-hybridized carbons (Fsp3) is 0.417. The van der Waals surface area contributed by atoms with Crippen molar-refractivity contribution < 1.29 is 17.9 Å². The number of fused-ring (bicyclic) bond motifs is 1. The normalized spacial score (nSPS) is 16.4. The molecular formula is C24H29N7O4S. The van der Waals surface area contributed by atoms with Gasteiger partial charge in [0.05, 0.1) is 12.7 Å². The molecule has 36 heavy (non-hydrogen) atoms. The molecule has 12 heteroatoms. The molecule has 2 aliphatic heterocycles. The van der Waals surface area contributed by atoms with E-state index in [0.29, 0.717) is 41.7 Å². The van der Waals surface area contributed by atoms with Gasteiger partial charge < -0.3 is 14.6 Å². The summed E-state index contributed by atoms with van der Waals surface area (Å²) in [5.41, 5.74) is 2.52. The van der Waals surface area contributed by atoms with Crippen molar-refractivity contribution in [3.8, 4) is 17.3 Å². The van der Waals surface area contributed by atoms with Gasteiger partial charge in [0.25, 0.3) is 16.1 Å². The third-order valence-corrected chi connectivity index (χ3v) is 8.46. The van der Waals surface area contributed by atoms with Crippen molar-refractivity contribution in [1.82, 2.24) is 28.4 Å². The standard InChI is InChI=1S/C24H29N7O4S/c1-16(2)31-15-25-28-23(31)20-7-6-8-22(26-20)27-24(32)19-11-17-13-30(14-18(17)12-21(19)35-3)36(33,34)29-9-4-5-10-29/h6-8,11-12,15-16H,4-5,9-10,13-14H2,1-3H3,(H,26,27,32). The Balaban J connectivity index is 1.38. The Morgan fingerprint density at radius 2 is 1.81 bits per heavy atom. The Morgan fingerprint density at radius 3 is 2.50 bits per heavy atom. The largest absolute Gasteiger partial charge is 0.496 e. The van der Waals surface area contributed by atoms with Gasteiger partial charge >= 0.3 is 0 Å². The van der Waals surface area contributed by atoms with Crippen molar-refractivity contribution in [2.75, 3.05) is 25.5 Å². The summed E-state index contributed by atoms with van der Waals surface area (Å²) >= 11 is 0. The summed E-state index contributed by atoms with van der Waals surface area (Å²) in [4.78, 5) is 17.8. The van der Waals surface area contributed by atoms with Gasteiger partial charge in [0.1, 0.15) is 23.6 Å². The topological polar surface area (TPSA) is 123 Å². The van der Waals surface area contributed by atoms with E-state index in [4.69, 9.17) is 4.74 Å². The lowest BCUT2D eigenvalue weighted by atomic mass is 10.0. The number of methoxy groups -OCH3 is 1. The summed E-state index contributed by atoms with van der Waals surface area (Å²) in [6.45, 7) is 5.62. The minimum Gasteiger partial charge on any atom is -0.496 e. The Kier molecular flexibility index (Phi) is 6.49. The molecule has 11 nitrogen and oxygen atoms in total. The predicted molar refractivity (Wildman–Crippen MR) is 134 cm³/mol. The molecule has 0 aliphatic carbocycles. The summed E-state index contributed by atoms with van der Waals surface area (Å²) in [6, 6.07) is 8.91. The first-order valence-electron chi connectivity index (χ1n) is 11.9. The zero-order chi connectivity index (χ0) is 25.4. The number of hydrogen-bond donors (Lipinski definition) is 1. The molecule has 2 aliphatic rings. The van der Waals surface area contributed by atoms with Crippen LogP contribution in [-0.2, 0) is 23.3 Å². The average molecular weight is 512 g/mol. The van der Waals surface area contributed by atoms with Crippen molar-refractivity contribution in [2.24, 2.45) is 0 Å². The summed E-state index contributed by atoms with van der Waals surface area (Å²) < 4.78 is 36.5. The van der Waals surface area contributed by atoms with Crippen molar-refractivity contribution in [3.63, 3.8) is 0 Å². The van der Waals surface area contributed by atoms with Crippen molar-refractivity contribution in [1.29, 1.82) is 0 Å². The van der Waals surface area contributed by atoms with E-state index in [9.17, 15) is 13.2 Å². The number of aromatic nitrogens is 4. The van der Waals surface area contributed by atoms with E-state index in [1.54, 1.807) is 30.6 Å². The van der Waals surface area contributed by atoms with E-state index in [1.165, 1.54) is 15.7 Å². The minimum absolute atomic E-state index is 0.152. The number of ether oxygens (including phenoxy) is 1. The Labute approximate surface area is 210 Å². The monoisotopic (exact) mass is 511 g/mol. The molecule has 1 saturated heterocycles. The van der Waals surface area contributed by atoms with Crippen molar-refractivity contribution >= 4 is 21.9 Å². The molecule has 0 radical (unpaired) electrons. The van der Waals surface area contributed by atoms with Gasteiger partial charge in [-0.3, -0.25) is 4.79 Å². The summed E-state index contributed by atoms with van der Waals surface area (Å²) in [6.07, 6.45) is 3.40. The van der Waals surface area contributed by atoms with Gasteiger partial charge in [-0.05, 0) is 62.1 Å². The summed E-state index contributed by atoms with van der Waals surface area (Å²) in [7, 11) is -2.05. The van der Waals surface area contributed by atoms with Gasteiger partial charge in [0, 0.05) is 32.2 Å². The minimum atomic E-state index is -3.54. The quantitative estimate of drug-likeness (QED) is 0.517. The molecular weight excluding hydrogens is 482 g/mol. The van der Waals surface area contributed by atoms with E-state index in [-0.39, 0.29) is 19.1 Å². The third kappa shape index (κ3) is 4.47. The molecule has 0 saturated carbocycles. The average Bonchev–Trinajstić information content (AvgIpc) is 3.63. The number of anilines is 1. The highest BCUT2D eigenvalue weighted by atomic mass is 32.2. The lowest BCUT2D eigenvalue weighted by molar-refractivity contribution is 0.102. The highest BCUT2D eigenvalue weighted by molar-refractivity contribution is 7.86. The van der Waals surface area contributed by atoms with Gasteiger partial charge in [0.15, 0.2) is 5.82 Å². The second-order valence-electron chi connectivity index (χ2n) is 9.22. The van der Waals surface area contributed by atoms with Gasteiger partial charge in [-0.1, -0.05) is 6.07 Å². The molecule has 4 heterocycles. The maximum absolute atomic E-state index is 13.2. The number of benzene rings is 1. The SMILES string of the molecule is COc1cc2c(cc1C(=O)Nc1cccc(-c3nncn3C(C)C)n1)CN(S(=O)(=O)N1CCCC1)C2. The van der Waals surface area contributed by atoms with Crippen LogP contribution in [0.1, 0.15) is 54.2 Å². The Morgan fingerprint density at radius 1 is 1.08 bits per heavy atom. The van der Waals surface area contributed by atoms with E-state index < -0.39 is 16.1 Å². The van der Waals surface area contributed by atoms with Crippen LogP contribution in [0.15, 0.2) is 36.7 Å². The number of hydrogen-bond acceptors (Lipinski definition) is 7. The molecule has 1 amide bonds. The van der Waals surface area contributed by atoms with Gasteiger partial charge in [0.2, 0.25) is 0 Å². The number of rotatable bonds is 7. The van der Waals surface area contributed by atoms with Gasteiger partial charge in [-0.25, -0.2) is 4.98 Å². The van der Waals surface area contributed by atoms with Crippen LogP contribution in [0, 0.1) is 0 Å². The zero-order valence-corrected chi connectivity index (χ0v) is 21.3. The number of carbonyl (C=O) groups excluding carboxylic acids is 1. The van der Waals surface area contributed by atoms with Crippen LogP contribution >= 0.6 is 0 Å². The molecule has 1 fully saturated rings. The van der Waals surface area contributed by atoms with E-state index in [2.05, 4.69) is 20.5 Å². The smallest absolute Gasteiger partial charge is 0.282 e. The van der Waals surface area contributed by atoms with E-state index >= 15 is 0 Å². The van der Waals surface area contributed by atoms with Crippen LogP contribution < -0.4 is 10.1 Å². The molecule has 190 valence electrons. The maximum Gasteiger partial charge on any atom is 0.282 e. The fourth-order valence-electron chi connectivity index (χ4n) is 4.61. The van der Waals surface area contributed by atoms with Crippen LogP contribution in [-0.4, -0.2) is 62.9 Å². The molecule has 2 aromatic heterocycles. The van der Waals surface area contributed by atoms with Crippen LogP contribution in [0.25, 0.3) is 11.5 Å². The zero-order valence-electron chi connectivity index (χ0n) is 20.5. The number of amides is 1. The first-order valence-corrected chi connectivity index (χ1v) is 13.3. The van der Waals surface area contributed by atoms with Crippen LogP contribution in [0.4, 0.5) is 5.82 Å². The first kappa shape index (κ1) is 24.3. The summed E-state index contributed by atoms with van der Waals surface area (Å²) in [5.74, 6) is 0.944. The van der Waals surface area contributed by atoms with Crippen LogP contribution in [0.2, 0.25) is 0 Å². The number of nitrogens with one attached hydrogen (secondary N) is 1. The summed E-state index contributed by atoms with van der Waals surface area (Å²) in [5, 5.41) is 11.0. The fourth-order valence-corrected chi connectivity index (χ4v) is 6.26. The number of pyridine rings is 1. The molecule has 1 aromatic carbocycles. The number of nitrogens with zero attached hydrogens (tertiary/aromatic N) is 6. The second-order valence-corrected chi connectivity index (χ2v) is 11.1. The Bertz CT molecular complexity index is 1400. The Hall–Kier alpha value is -3.35. The van der Waals surface area contributed by atoms with Gasteiger partial charge in [-0.15, -0.1) is 10.2 Å². The highest BCUT2D eigenvalue weighted by Crippen LogP contribution is 2.33. The third-order valence-electron chi connectivity index (χ3n) is 6.53. The molecule has 3 aromatic rings. The lowest BCUT2D eigenvalue weighted by Crippen LogP contribution is -2.39. The molecule has 5 rings (SSSR count). The van der Waals surface area contributed by atoms with E-state index in [0.717, 1.165) is 24.0 Å². The van der Waals surface area contributed by atoms with Gasteiger partial charge in [-0.2, -0.15) is 17.0 Å². The maximum atomic E-state index is 13.2. The lowest BCUT2D eigenvalue weighted by Gasteiger charge is -2.22. The first-order chi connectivity index (χ1) is 17.3. The van der Waals surface area contributed by atoms with Crippen LogP contribution in [0.3, 0.4) is 0 Å². The van der Waals surface area contributed by atoms with Crippen LogP contribution in [0.5, 0.6) is 5.75 Å². The molecule has 0 spiro atoms. The number of carbonyl (C=O) groups is 1. The van der Waals surface area contributed by atoms with Crippen molar-refractivity contribution in [2.45, 2.75) is 45.8 Å².